The number of alkyl halides is 3. The van der Waals surface area contributed by atoms with Crippen LogP contribution in [0, 0.1) is 5.92 Å². The van der Waals surface area contributed by atoms with Crippen LogP contribution in [-0.4, -0.2) is 36.5 Å². The zero-order valence-corrected chi connectivity index (χ0v) is 16.8. The summed E-state index contributed by atoms with van der Waals surface area (Å²) < 4.78 is 49.5. The number of aryl methyl sites for hydroxylation is 1. The molecule has 2 heterocycles. The number of carbonyl (C=O) groups is 2. The quantitative estimate of drug-likeness (QED) is 0.652. The molecule has 4 rings (SSSR count). The predicted molar refractivity (Wildman–Crippen MR) is 106 cm³/mol. The van der Waals surface area contributed by atoms with Crippen LogP contribution in [0.15, 0.2) is 42.5 Å². The van der Waals surface area contributed by atoms with Gasteiger partial charge in [0.05, 0.1) is 5.56 Å². The molecule has 1 atom stereocenters. The van der Waals surface area contributed by atoms with Crippen LogP contribution in [0.1, 0.15) is 40.7 Å². The Hall–Kier alpha value is -3.03. The number of hydrogen-bond acceptors (Lipinski definition) is 4. The molecule has 0 spiro atoms. The Labute approximate surface area is 177 Å². The fraction of sp³-hybridized carbons (Fsp3) is 0.391. The van der Waals surface area contributed by atoms with Gasteiger partial charge in [0, 0.05) is 31.0 Å². The molecule has 0 saturated carbocycles. The molecule has 0 radical (unpaired) electrons. The minimum absolute atomic E-state index is 0.0366. The summed E-state index contributed by atoms with van der Waals surface area (Å²) in [7, 11) is 0. The Morgan fingerprint density at radius 3 is 2.68 bits per heavy atom. The van der Waals surface area contributed by atoms with Crippen LogP contribution in [0.4, 0.5) is 13.2 Å². The summed E-state index contributed by atoms with van der Waals surface area (Å²) in [5.41, 5.74) is 0.145. The first-order valence-electron chi connectivity index (χ1n) is 10.2. The Morgan fingerprint density at radius 1 is 1.06 bits per heavy atom. The van der Waals surface area contributed by atoms with E-state index in [-0.39, 0.29) is 37.0 Å². The summed E-state index contributed by atoms with van der Waals surface area (Å²) >= 11 is 0. The zero-order chi connectivity index (χ0) is 22.0. The highest BCUT2D eigenvalue weighted by Crippen LogP contribution is 2.33. The van der Waals surface area contributed by atoms with E-state index in [9.17, 15) is 22.8 Å². The molecule has 5 nitrogen and oxygen atoms in total. The maximum Gasteiger partial charge on any atom is 0.416 e. The van der Waals surface area contributed by atoms with Crippen molar-refractivity contribution < 1.29 is 32.2 Å². The number of nitrogens with zero attached hydrogens (tertiary/aromatic N) is 1. The van der Waals surface area contributed by atoms with E-state index in [2.05, 4.69) is 0 Å². The van der Waals surface area contributed by atoms with Gasteiger partial charge in [-0.15, -0.1) is 0 Å². The van der Waals surface area contributed by atoms with Crippen LogP contribution >= 0.6 is 0 Å². The molecule has 0 aliphatic carbocycles. The number of ether oxygens (including phenoxy) is 2. The van der Waals surface area contributed by atoms with Crippen molar-refractivity contribution in [3.05, 3.63) is 59.2 Å². The highest BCUT2D eigenvalue weighted by Gasteiger charge is 2.33. The average Bonchev–Trinajstić information content (AvgIpc) is 3.24. The van der Waals surface area contributed by atoms with Gasteiger partial charge in [0.1, 0.15) is 0 Å². The number of benzene rings is 2. The van der Waals surface area contributed by atoms with Gasteiger partial charge < -0.3 is 14.4 Å². The van der Waals surface area contributed by atoms with E-state index < -0.39 is 17.7 Å². The van der Waals surface area contributed by atoms with Crippen molar-refractivity contribution in [2.75, 3.05) is 19.9 Å². The SMILES string of the molecule is O=C(c1cccc(C(F)(F)F)c1)[C@@H]1CCCN(C(=O)CCc2ccc3c(c2)OCO3)C1. The van der Waals surface area contributed by atoms with Gasteiger partial charge in [-0.2, -0.15) is 13.2 Å². The Morgan fingerprint density at radius 2 is 1.87 bits per heavy atom. The number of rotatable bonds is 5. The van der Waals surface area contributed by atoms with E-state index >= 15 is 0 Å². The van der Waals surface area contributed by atoms with Crippen molar-refractivity contribution in [3.63, 3.8) is 0 Å². The summed E-state index contributed by atoms with van der Waals surface area (Å²) in [6.45, 7) is 0.966. The lowest BCUT2D eigenvalue weighted by molar-refractivity contribution is -0.137. The molecule has 31 heavy (non-hydrogen) atoms. The van der Waals surface area contributed by atoms with Crippen molar-refractivity contribution >= 4 is 11.7 Å². The Balaban J connectivity index is 1.36. The number of Topliss-reactive ketones (excluding diaryl/α,β-unsaturated/α-hetero) is 1. The number of carbonyl (C=O) groups excluding carboxylic acids is 2. The molecular weight excluding hydrogens is 411 g/mol. The summed E-state index contributed by atoms with van der Waals surface area (Å²) in [4.78, 5) is 27.2. The van der Waals surface area contributed by atoms with Gasteiger partial charge in [-0.05, 0) is 49.1 Å². The average molecular weight is 433 g/mol. The third-order valence-corrected chi connectivity index (χ3v) is 5.68. The molecule has 2 aromatic carbocycles. The number of ketones is 1. The molecular formula is C23H22F3NO4. The molecule has 8 heteroatoms. The summed E-state index contributed by atoms with van der Waals surface area (Å²) in [5, 5.41) is 0. The second-order valence-corrected chi connectivity index (χ2v) is 7.81. The molecule has 2 aliphatic rings. The van der Waals surface area contributed by atoms with Crippen LogP contribution in [0.5, 0.6) is 11.5 Å². The largest absolute Gasteiger partial charge is 0.454 e. The molecule has 0 bridgehead atoms. The third-order valence-electron chi connectivity index (χ3n) is 5.68. The lowest BCUT2D eigenvalue weighted by atomic mass is 9.89. The predicted octanol–water partition coefficient (Wildman–Crippen LogP) is 4.49. The maximum atomic E-state index is 13.0. The molecule has 0 N–H and O–H groups in total. The monoisotopic (exact) mass is 433 g/mol. The van der Waals surface area contributed by atoms with E-state index in [0.717, 1.165) is 17.7 Å². The Kier molecular flexibility index (Phi) is 5.89. The van der Waals surface area contributed by atoms with Crippen LogP contribution in [0.3, 0.4) is 0 Å². The van der Waals surface area contributed by atoms with Gasteiger partial charge in [-0.3, -0.25) is 9.59 Å². The van der Waals surface area contributed by atoms with Gasteiger partial charge in [0.15, 0.2) is 17.3 Å². The molecule has 0 aromatic heterocycles. The van der Waals surface area contributed by atoms with Gasteiger partial charge >= 0.3 is 6.18 Å². The summed E-state index contributed by atoms with van der Waals surface area (Å²) in [5.74, 6) is 0.432. The fourth-order valence-electron chi connectivity index (χ4n) is 4.01. The molecule has 2 aromatic rings. The number of halogens is 3. The number of likely N-dealkylation sites (tertiary alicyclic amines) is 1. The van der Waals surface area contributed by atoms with Crippen molar-refractivity contribution in [3.8, 4) is 11.5 Å². The zero-order valence-electron chi connectivity index (χ0n) is 16.8. The first kappa shape index (κ1) is 21.2. The number of amides is 1. The van der Waals surface area contributed by atoms with Crippen molar-refractivity contribution in [2.45, 2.75) is 31.9 Å². The Bertz CT molecular complexity index is 989. The van der Waals surface area contributed by atoms with Crippen molar-refractivity contribution in [1.82, 2.24) is 4.90 Å². The second-order valence-electron chi connectivity index (χ2n) is 7.81. The standard InChI is InChI=1S/C23H22F3NO4/c24-23(25,26)18-5-1-3-16(12-18)22(29)17-4-2-10-27(13-17)21(28)9-7-15-6-8-19-20(11-15)31-14-30-19/h1,3,5-6,8,11-12,17H,2,4,7,9-10,13-14H2/t17-/m1/s1. The van der Waals surface area contributed by atoms with Crippen LogP contribution < -0.4 is 9.47 Å². The van der Waals surface area contributed by atoms with Gasteiger partial charge in [-0.1, -0.05) is 18.2 Å². The third kappa shape index (κ3) is 4.84. The lowest BCUT2D eigenvalue weighted by Gasteiger charge is -2.32. The van der Waals surface area contributed by atoms with Crippen molar-refractivity contribution in [2.24, 2.45) is 5.92 Å². The molecule has 0 unspecified atom stereocenters. The first-order chi connectivity index (χ1) is 14.8. The molecule has 1 amide bonds. The van der Waals surface area contributed by atoms with Gasteiger partial charge in [-0.25, -0.2) is 0 Å². The highest BCUT2D eigenvalue weighted by atomic mass is 19.4. The van der Waals surface area contributed by atoms with E-state index in [1.54, 1.807) is 4.90 Å². The number of fused-ring (bicyclic) bond motifs is 1. The molecule has 164 valence electrons. The van der Waals surface area contributed by atoms with Gasteiger partial charge in [0.25, 0.3) is 0 Å². The fourth-order valence-corrected chi connectivity index (χ4v) is 4.01. The van der Waals surface area contributed by atoms with E-state index in [1.165, 1.54) is 12.1 Å². The normalized spacial score (nSPS) is 18.2. The van der Waals surface area contributed by atoms with E-state index in [4.69, 9.17) is 9.47 Å². The van der Waals surface area contributed by atoms with E-state index in [1.807, 2.05) is 18.2 Å². The highest BCUT2D eigenvalue weighted by molar-refractivity contribution is 5.98. The lowest BCUT2D eigenvalue weighted by Crippen LogP contribution is -2.42. The summed E-state index contributed by atoms with van der Waals surface area (Å²) in [6.07, 6.45) is -2.49. The topological polar surface area (TPSA) is 55.8 Å². The maximum absolute atomic E-state index is 13.0. The van der Waals surface area contributed by atoms with Crippen LogP contribution in [-0.2, 0) is 17.4 Å². The second kappa shape index (κ2) is 8.61. The van der Waals surface area contributed by atoms with Crippen molar-refractivity contribution in [1.29, 1.82) is 0 Å². The molecule has 1 fully saturated rings. The number of hydrogen-bond donors (Lipinski definition) is 0. The molecule has 2 aliphatic heterocycles. The minimum Gasteiger partial charge on any atom is -0.454 e. The summed E-state index contributed by atoms with van der Waals surface area (Å²) in [6, 6.07) is 10.0. The van der Waals surface area contributed by atoms with E-state index in [0.29, 0.717) is 37.3 Å². The van der Waals surface area contributed by atoms with Crippen LogP contribution in [0.25, 0.3) is 0 Å². The molecule has 1 saturated heterocycles. The smallest absolute Gasteiger partial charge is 0.416 e. The first-order valence-corrected chi connectivity index (χ1v) is 10.2. The number of piperidine rings is 1. The van der Waals surface area contributed by atoms with Gasteiger partial charge in [0.2, 0.25) is 12.7 Å². The minimum atomic E-state index is -4.50. The van der Waals surface area contributed by atoms with Crippen LogP contribution in [0.2, 0.25) is 0 Å².